The third-order valence-corrected chi connectivity index (χ3v) is 5.90. The Morgan fingerprint density at radius 3 is 3.04 bits per heavy atom. The molecule has 2 atom stereocenters. The van der Waals surface area contributed by atoms with Crippen molar-refractivity contribution < 1.29 is 4.79 Å². The van der Waals surface area contributed by atoms with E-state index in [1.165, 1.54) is 12.8 Å². The van der Waals surface area contributed by atoms with Crippen LogP contribution in [-0.2, 0) is 0 Å². The van der Waals surface area contributed by atoms with Crippen LogP contribution in [0, 0.1) is 0 Å². The minimum Gasteiger partial charge on any atom is -0.329 e. The zero-order chi connectivity index (χ0) is 17.2. The van der Waals surface area contributed by atoms with Crippen molar-refractivity contribution in [3.63, 3.8) is 0 Å². The second-order valence-electron chi connectivity index (χ2n) is 6.92. The fourth-order valence-corrected chi connectivity index (χ4v) is 4.14. The van der Waals surface area contributed by atoms with Gasteiger partial charge in [0.15, 0.2) is 5.82 Å². The van der Waals surface area contributed by atoms with E-state index in [1.807, 2.05) is 10.3 Å². The summed E-state index contributed by atoms with van der Waals surface area (Å²) < 4.78 is 0. The largest absolute Gasteiger partial charge is 0.329 e. The zero-order valence-electron chi connectivity index (χ0n) is 14.4. The van der Waals surface area contributed by atoms with Crippen LogP contribution in [0.3, 0.4) is 0 Å². The normalized spacial score (nSPS) is 22.0. The van der Waals surface area contributed by atoms with Gasteiger partial charge in [-0.3, -0.25) is 5.10 Å². The van der Waals surface area contributed by atoms with E-state index in [2.05, 4.69) is 32.4 Å². The smallest absolute Gasteiger partial charge is 0.317 e. The van der Waals surface area contributed by atoms with Crippen LogP contribution in [0.4, 0.5) is 4.79 Å². The molecule has 8 heteroatoms. The molecule has 0 bridgehead atoms. The van der Waals surface area contributed by atoms with Crippen molar-refractivity contribution >= 4 is 17.4 Å². The molecule has 2 amide bonds. The Balaban J connectivity index is 1.38. The number of likely N-dealkylation sites (tertiary alicyclic amines) is 1. The Morgan fingerprint density at radius 1 is 1.44 bits per heavy atom. The third kappa shape index (κ3) is 3.68. The summed E-state index contributed by atoms with van der Waals surface area (Å²) in [5.41, 5.74) is 0. The molecule has 1 saturated heterocycles. The van der Waals surface area contributed by atoms with Crippen LogP contribution in [0.5, 0.6) is 0 Å². The average Bonchev–Trinajstić information content (AvgIpc) is 3.14. The number of nitrogens with zero attached hydrogens (tertiary/aromatic N) is 4. The first kappa shape index (κ1) is 16.5. The molecule has 134 valence electrons. The minimum atomic E-state index is -0.0159. The topological polar surface area (TPSA) is 86.8 Å². The number of thiazole rings is 1. The van der Waals surface area contributed by atoms with Gasteiger partial charge in [-0.1, -0.05) is 6.92 Å². The van der Waals surface area contributed by atoms with Gasteiger partial charge in [-0.25, -0.2) is 14.8 Å². The maximum Gasteiger partial charge on any atom is 0.317 e. The van der Waals surface area contributed by atoms with Crippen LogP contribution in [0.1, 0.15) is 73.6 Å². The molecule has 2 aliphatic rings. The van der Waals surface area contributed by atoms with Crippen molar-refractivity contribution in [3.05, 3.63) is 28.2 Å². The summed E-state index contributed by atoms with van der Waals surface area (Å²) in [5, 5.41) is 13.5. The molecule has 7 nitrogen and oxygen atoms in total. The second kappa shape index (κ2) is 7.11. The first-order chi connectivity index (χ1) is 12.2. The van der Waals surface area contributed by atoms with Crippen LogP contribution < -0.4 is 5.32 Å². The molecule has 2 N–H and O–H groups in total. The summed E-state index contributed by atoms with van der Waals surface area (Å²) in [6.45, 7) is 3.54. The van der Waals surface area contributed by atoms with E-state index in [4.69, 9.17) is 0 Å². The molecule has 0 radical (unpaired) electrons. The van der Waals surface area contributed by atoms with Gasteiger partial charge in [0.1, 0.15) is 10.8 Å². The molecular formula is C17H24N6OS. The predicted molar refractivity (Wildman–Crippen MR) is 95.6 cm³/mol. The zero-order valence-corrected chi connectivity index (χ0v) is 15.3. The fourth-order valence-electron chi connectivity index (χ4n) is 3.37. The SMILES string of the molecule is CCC(NC(=O)N1CCCC(c2n[nH]c(C3CC3)n2)C1)c1nccs1. The minimum absolute atomic E-state index is 0.00954. The molecule has 1 saturated carbocycles. The summed E-state index contributed by atoms with van der Waals surface area (Å²) in [5.74, 6) is 2.69. The van der Waals surface area contributed by atoms with Gasteiger partial charge < -0.3 is 10.2 Å². The molecule has 4 rings (SSSR count). The van der Waals surface area contributed by atoms with Crippen molar-refractivity contribution in [1.29, 1.82) is 0 Å². The predicted octanol–water partition coefficient (Wildman–Crippen LogP) is 3.18. The summed E-state index contributed by atoms with van der Waals surface area (Å²) in [6.07, 6.45) is 7.06. The molecule has 25 heavy (non-hydrogen) atoms. The lowest BCUT2D eigenvalue weighted by Gasteiger charge is -2.32. The molecule has 0 spiro atoms. The van der Waals surface area contributed by atoms with E-state index >= 15 is 0 Å². The number of aromatic amines is 1. The quantitative estimate of drug-likeness (QED) is 0.857. The van der Waals surface area contributed by atoms with Crippen LogP contribution in [0.15, 0.2) is 11.6 Å². The molecule has 1 aliphatic carbocycles. The van der Waals surface area contributed by atoms with Crippen molar-refractivity contribution in [3.8, 4) is 0 Å². The summed E-state index contributed by atoms with van der Waals surface area (Å²) in [7, 11) is 0. The Bertz CT molecular complexity index is 711. The van der Waals surface area contributed by atoms with E-state index in [-0.39, 0.29) is 18.0 Å². The van der Waals surface area contributed by atoms with Gasteiger partial charge >= 0.3 is 6.03 Å². The molecule has 2 aromatic heterocycles. The lowest BCUT2D eigenvalue weighted by Crippen LogP contribution is -2.46. The van der Waals surface area contributed by atoms with E-state index in [0.29, 0.717) is 12.5 Å². The van der Waals surface area contributed by atoms with E-state index in [0.717, 1.165) is 42.5 Å². The highest BCUT2D eigenvalue weighted by Crippen LogP contribution is 2.38. The maximum absolute atomic E-state index is 12.7. The van der Waals surface area contributed by atoms with Gasteiger partial charge in [-0.05, 0) is 32.1 Å². The standard InChI is InChI=1S/C17H24N6OS/c1-2-13(16-18-7-9-25-16)19-17(24)23-8-3-4-12(10-23)15-20-14(21-22-15)11-5-6-11/h7,9,11-13H,2-6,8,10H2,1H3,(H,19,24)(H,20,21,22). The van der Waals surface area contributed by atoms with Crippen molar-refractivity contribution in [1.82, 2.24) is 30.4 Å². The Labute approximate surface area is 151 Å². The first-order valence-corrected chi connectivity index (χ1v) is 9.99. The molecule has 0 aromatic carbocycles. The average molecular weight is 360 g/mol. The monoisotopic (exact) mass is 360 g/mol. The molecule has 3 heterocycles. The van der Waals surface area contributed by atoms with Crippen LogP contribution in [0.2, 0.25) is 0 Å². The molecule has 2 fully saturated rings. The van der Waals surface area contributed by atoms with Gasteiger partial charge in [0.2, 0.25) is 0 Å². The second-order valence-corrected chi connectivity index (χ2v) is 7.85. The number of aromatic nitrogens is 4. The third-order valence-electron chi connectivity index (χ3n) is 5.01. The number of H-pyrrole nitrogens is 1. The van der Waals surface area contributed by atoms with E-state index in [1.54, 1.807) is 17.5 Å². The Morgan fingerprint density at radius 2 is 2.32 bits per heavy atom. The summed E-state index contributed by atoms with van der Waals surface area (Å²) in [6, 6.07) is -0.0254. The lowest BCUT2D eigenvalue weighted by molar-refractivity contribution is 0.174. The number of amides is 2. The van der Waals surface area contributed by atoms with Crippen molar-refractivity contribution in [2.24, 2.45) is 0 Å². The summed E-state index contributed by atoms with van der Waals surface area (Å²) in [4.78, 5) is 23.6. The number of hydrogen-bond donors (Lipinski definition) is 2. The molecule has 1 aliphatic heterocycles. The van der Waals surface area contributed by atoms with Gasteiger partial charge in [0.05, 0.1) is 6.04 Å². The number of carbonyl (C=O) groups excluding carboxylic acids is 1. The fraction of sp³-hybridized carbons (Fsp3) is 0.647. The Hall–Kier alpha value is -1.96. The van der Waals surface area contributed by atoms with Crippen molar-refractivity contribution in [2.75, 3.05) is 13.1 Å². The van der Waals surface area contributed by atoms with Crippen molar-refractivity contribution in [2.45, 2.75) is 56.9 Å². The number of hydrogen-bond acceptors (Lipinski definition) is 5. The number of nitrogens with one attached hydrogen (secondary N) is 2. The lowest BCUT2D eigenvalue weighted by atomic mass is 9.97. The van der Waals surface area contributed by atoms with Gasteiger partial charge in [-0.2, -0.15) is 5.10 Å². The highest BCUT2D eigenvalue weighted by molar-refractivity contribution is 7.09. The highest BCUT2D eigenvalue weighted by atomic mass is 32.1. The van der Waals surface area contributed by atoms with Gasteiger partial charge in [-0.15, -0.1) is 11.3 Å². The summed E-state index contributed by atoms with van der Waals surface area (Å²) >= 11 is 1.58. The maximum atomic E-state index is 12.7. The number of urea groups is 1. The van der Waals surface area contributed by atoms with Crippen LogP contribution >= 0.6 is 11.3 Å². The van der Waals surface area contributed by atoms with E-state index < -0.39 is 0 Å². The van der Waals surface area contributed by atoms with Gasteiger partial charge in [0, 0.05) is 36.5 Å². The highest BCUT2D eigenvalue weighted by Gasteiger charge is 2.31. The Kier molecular flexibility index (Phi) is 4.70. The first-order valence-electron chi connectivity index (χ1n) is 9.11. The number of rotatable bonds is 5. The van der Waals surface area contributed by atoms with Crippen LogP contribution in [0.25, 0.3) is 0 Å². The van der Waals surface area contributed by atoms with Crippen LogP contribution in [-0.4, -0.2) is 44.2 Å². The molecular weight excluding hydrogens is 336 g/mol. The molecule has 2 unspecified atom stereocenters. The number of piperidine rings is 1. The van der Waals surface area contributed by atoms with Gasteiger partial charge in [0.25, 0.3) is 0 Å². The van der Waals surface area contributed by atoms with E-state index in [9.17, 15) is 4.79 Å². The number of carbonyl (C=O) groups is 1. The molecule has 2 aromatic rings.